The van der Waals surface area contributed by atoms with Crippen LogP contribution >= 0.6 is 34.5 Å². The van der Waals surface area contributed by atoms with Gasteiger partial charge >= 0.3 is 11.9 Å². The summed E-state index contributed by atoms with van der Waals surface area (Å²) in [6.45, 7) is 8.10. The van der Waals surface area contributed by atoms with Crippen molar-refractivity contribution >= 4 is 46.5 Å². The van der Waals surface area contributed by atoms with E-state index < -0.39 is 24.1 Å². The zero-order valence-corrected chi connectivity index (χ0v) is 31.1. The molecular formula is C38H44Cl2N2O7S. The van der Waals surface area contributed by atoms with E-state index in [1.165, 1.54) is 24.5 Å². The number of nitrogens with zero attached hydrogens (tertiary/aromatic N) is 1. The molecule has 1 saturated heterocycles. The Kier molecular flexibility index (Phi) is 14.8. The summed E-state index contributed by atoms with van der Waals surface area (Å²) in [4.78, 5) is 30.4. The van der Waals surface area contributed by atoms with Gasteiger partial charge in [-0.2, -0.15) is 0 Å². The smallest absolute Gasteiger partial charge is 0.348 e. The van der Waals surface area contributed by atoms with Gasteiger partial charge in [0.1, 0.15) is 22.8 Å². The highest BCUT2D eigenvalue weighted by Gasteiger charge is 2.27. The number of esters is 2. The highest BCUT2D eigenvalue weighted by molar-refractivity contribution is 7.13. The van der Waals surface area contributed by atoms with Gasteiger partial charge in [0.2, 0.25) is 0 Å². The quantitative estimate of drug-likeness (QED) is 0.111. The highest BCUT2D eigenvalue weighted by atomic mass is 35.5. The number of ether oxygens (including phenoxy) is 4. The number of aromatic hydroxyl groups is 1. The largest absolute Gasteiger partial charge is 0.508 e. The number of hydrogen-bond acceptors (Lipinski definition) is 10. The molecule has 0 saturated carbocycles. The number of carbonyl (C=O) groups is 2. The molecule has 3 aromatic rings. The Morgan fingerprint density at radius 1 is 1.06 bits per heavy atom. The van der Waals surface area contributed by atoms with E-state index in [1.807, 2.05) is 0 Å². The Hall–Kier alpha value is -3.80. The van der Waals surface area contributed by atoms with Crippen LogP contribution in [0.1, 0.15) is 64.0 Å². The van der Waals surface area contributed by atoms with Crippen LogP contribution in [0.2, 0.25) is 0 Å². The SMILES string of the molecule is C=C/C(Cl)=C(C[C@H](OC(=O)c1ccc(CNC(C(=O)OCC2CCN(C)CC2)c2cccc(O)c2)s1)c1ccc(OC)c(OC)c1)\C(Cl)=C/C. The molecule has 0 bridgehead atoms. The molecular weight excluding hydrogens is 699 g/mol. The molecule has 1 unspecified atom stereocenters. The van der Waals surface area contributed by atoms with Gasteiger partial charge in [-0.3, -0.25) is 5.32 Å². The summed E-state index contributed by atoms with van der Waals surface area (Å²) >= 11 is 14.3. The average molecular weight is 744 g/mol. The van der Waals surface area contributed by atoms with Gasteiger partial charge in [0.15, 0.2) is 11.5 Å². The van der Waals surface area contributed by atoms with Crippen molar-refractivity contribution in [3.63, 3.8) is 0 Å². The Morgan fingerprint density at radius 3 is 2.46 bits per heavy atom. The van der Waals surface area contributed by atoms with Gasteiger partial charge < -0.3 is 29.0 Å². The summed E-state index contributed by atoms with van der Waals surface area (Å²) in [6.07, 6.45) is 4.51. The minimum absolute atomic E-state index is 0.0469. The molecule has 268 valence electrons. The first-order valence-corrected chi connectivity index (χ1v) is 17.9. The van der Waals surface area contributed by atoms with Crippen molar-refractivity contribution < 1.29 is 33.6 Å². The number of allylic oxidation sites excluding steroid dienone is 4. The lowest BCUT2D eigenvalue weighted by Crippen LogP contribution is -2.34. The van der Waals surface area contributed by atoms with Crippen LogP contribution in [-0.4, -0.2) is 62.9 Å². The number of piperidine rings is 1. The van der Waals surface area contributed by atoms with Crippen LogP contribution in [0.5, 0.6) is 17.2 Å². The van der Waals surface area contributed by atoms with Crippen LogP contribution in [0.3, 0.4) is 0 Å². The second-order valence-electron chi connectivity index (χ2n) is 11.9. The van der Waals surface area contributed by atoms with Crippen LogP contribution in [-0.2, 0) is 20.8 Å². The Morgan fingerprint density at radius 2 is 1.80 bits per heavy atom. The number of rotatable bonds is 16. The predicted octanol–water partition coefficient (Wildman–Crippen LogP) is 8.30. The molecule has 1 aliphatic rings. The third-order valence-corrected chi connectivity index (χ3v) is 10.4. The van der Waals surface area contributed by atoms with Crippen LogP contribution in [0.4, 0.5) is 0 Å². The lowest BCUT2D eigenvalue weighted by molar-refractivity contribution is -0.148. The highest BCUT2D eigenvalue weighted by Crippen LogP contribution is 2.38. The first kappa shape index (κ1) is 39.0. The summed E-state index contributed by atoms with van der Waals surface area (Å²) in [5, 5.41) is 14.1. The Labute approximate surface area is 308 Å². The van der Waals surface area contributed by atoms with Crippen molar-refractivity contribution in [3.05, 3.63) is 110 Å². The Bertz CT molecular complexity index is 1700. The summed E-state index contributed by atoms with van der Waals surface area (Å²) in [7, 11) is 5.16. The van der Waals surface area contributed by atoms with Crippen molar-refractivity contribution in [2.45, 2.75) is 44.9 Å². The molecule has 2 aromatic carbocycles. The Balaban J connectivity index is 1.51. The molecule has 0 spiro atoms. The summed E-state index contributed by atoms with van der Waals surface area (Å²) in [6, 6.07) is 14.5. The van der Waals surface area contributed by atoms with Crippen molar-refractivity contribution in [2.75, 3.05) is 41.0 Å². The van der Waals surface area contributed by atoms with E-state index in [1.54, 1.807) is 74.7 Å². The molecule has 4 rings (SSSR count). The van der Waals surface area contributed by atoms with Gasteiger partial charge in [0.25, 0.3) is 0 Å². The number of hydrogen-bond donors (Lipinski definition) is 2. The van der Waals surface area contributed by atoms with Crippen LogP contribution < -0.4 is 14.8 Å². The topological polar surface area (TPSA) is 107 Å². The zero-order chi connectivity index (χ0) is 36.2. The third kappa shape index (κ3) is 10.6. The standard InChI is InChI=1S/C38H44Cl2N2O7S/c1-6-30(39)29(31(40)7-2)21-33(25-11-13-32(46-4)34(20-25)47-5)49-37(44)35-14-12-28(50-35)22-41-36(26-9-8-10-27(43)19-26)38(45)48-23-24-15-17-42(3)18-16-24/h6-14,19-20,24,33,36,41,43H,1,15-18,21-23H2,2-5H3/b30-29+,31-7+/t33-,36?/m0/s1. The molecule has 9 nitrogen and oxygen atoms in total. The zero-order valence-electron chi connectivity index (χ0n) is 28.7. The number of carbonyl (C=O) groups excluding carboxylic acids is 2. The molecule has 2 heterocycles. The van der Waals surface area contributed by atoms with Crippen molar-refractivity contribution in [3.8, 4) is 17.2 Å². The summed E-state index contributed by atoms with van der Waals surface area (Å²) in [5.41, 5.74) is 1.79. The minimum atomic E-state index is -0.823. The number of phenols is 1. The van der Waals surface area contributed by atoms with Crippen molar-refractivity contribution in [1.29, 1.82) is 0 Å². The number of nitrogens with one attached hydrogen (secondary N) is 1. The number of phenolic OH excluding ortho intramolecular Hbond substituents is 1. The molecule has 50 heavy (non-hydrogen) atoms. The van der Waals surface area contributed by atoms with Gasteiger partial charge in [-0.05, 0) is 98.9 Å². The van der Waals surface area contributed by atoms with Crippen LogP contribution in [0.15, 0.2) is 89.0 Å². The van der Waals surface area contributed by atoms with Gasteiger partial charge in [-0.25, -0.2) is 9.59 Å². The molecule has 1 fully saturated rings. The van der Waals surface area contributed by atoms with Crippen molar-refractivity contribution in [2.24, 2.45) is 5.92 Å². The number of likely N-dealkylation sites (tertiary alicyclic amines) is 1. The molecule has 0 aliphatic carbocycles. The normalized spacial score (nSPS) is 15.8. The van der Waals surface area contributed by atoms with Crippen molar-refractivity contribution in [1.82, 2.24) is 10.2 Å². The summed E-state index contributed by atoms with van der Waals surface area (Å²) < 4.78 is 22.8. The third-order valence-electron chi connectivity index (χ3n) is 8.51. The van der Waals surface area contributed by atoms with Crippen LogP contribution in [0.25, 0.3) is 0 Å². The first-order valence-electron chi connectivity index (χ1n) is 16.3. The van der Waals surface area contributed by atoms with Gasteiger partial charge in [-0.15, -0.1) is 11.3 Å². The second-order valence-corrected chi connectivity index (χ2v) is 13.9. The fourth-order valence-corrected chi connectivity index (χ4v) is 6.85. The van der Waals surface area contributed by atoms with E-state index >= 15 is 0 Å². The summed E-state index contributed by atoms with van der Waals surface area (Å²) in [5.74, 6) is 0.379. The number of thiophene rings is 1. The molecule has 1 aromatic heterocycles. The first-order chi connectivity index (χ1) is 24.1. The lowest BCUT2D eigenvalue weighted by atomic mass is 9.98. The number of benzene rings is 2. The minimum Gasteiger partial charge on any atom is -0.508 e. The molecule has 12 heteroatoms. The number of methoxy groups -OCH3 is 2. The van der Waals surface area contributed by atoms with E-state index in [0.717, 1.165) is 30.8 Å². The monoisotopic (exact) mass is 742 g/mol. The maximum absolute atomic E-state index is 13.6. The molecule has 0 amide bonds. The molecule has 0 radical (unpaired) electrons. The second kappa shape index (κ2) is 19.0. The maximum Gasteiger partial charge on any atom is 0.348 e. The molecule has 2 atom stereocenters. The molecule has 2 N–H and O–H groups in total. The van der Waals surface area contributed by atoms with E-state index in [9.17, 15) is 14.7 Å². The number of halogens is 2. The lowest BCUT2D eigenvalue weighted by Gasteiger charge is -2.29. The van der Waals surface area contributed by atoms with Gasteiger partial charge in [0.05, 0.1) is 20.8 Å². The molecule has 1 aliphatic heterocycles. The fourth-order valence-electron chi connectivity index (χ4n) is 5.60. The van der Waals surface area contributed by atoms with Gasteiger partial charge in [-0.1, -0.05) is 60.1 Å². The van der Waals surface area contributed by atoms with E-state index in [0.29, 0.717) is 55.7 Å². The predicted molar refractivity (Wildman–Crippen MR) is 198 cm³/mol. The fraction of sp³-hybridized carbons (Fsp3) is 0.368. The van der Waals surface area contributed by atoms with E-state index in [4.69, 9.17) is 42.1 Å². The maximum atomic E-state index is 13.6. The average Bonchev–Trinajstić information content (AvgIpc) is 3.61. The van der Waals surface area contributed by atoms with E-state index in [-0.39, 0.29) is 18.7 Å². The van der Waals surface area contributed by atoms with Gasteiger partial charge in [0, 0.05) is 27.9 Å². The van der Waals surface area contributed by atoms with Crippen LogP contribution in [0, 0.1) is 5.92 Å². The van der Waals surface area contributed by atoms with E-state index in [2.05, 4.69) is 23.8 Å².